The van der Waals surface area contributed by atoms with Crippen LogP contribution in [0.5, 0.6) is 5.75 Å². The molecule has 1 aliphatic heterocycles. The summed E-state index contributed by atoms with van der Waals surface area (Å²) in [6.45, 7) is 0.861. The molecule has 0 spiro atoms. The van der Waals surface area contributed by atoms with Gasteiger partial charge in [-0.05, 0) is 18.6 Å². The highest BCUT2D eigenvalue weighted by molar-refractivity contribution is 7.94. The molecule has 8 nitrogen and oxygen atoms in total. The van der Waals surface area contributed by atoms with E-state index < -0.39 is 21.0 Å². The van der Waals surface area contributed by atoms with Crippen LogP contribution in [0.15, 0.2) is 41.1 Å². The molecule has 0 radical (unpaired) electrons. The normalized spacial score (nSPS) is 16.7. The van der Waals surface area contributed by atoms with E-state index in [1.54, 1.807) is 22.9 Å². The predicted molar refractivity (Wildman–Crippen MR) is 78.9 cm³/mol. The summed E-state index contributed by atoms with van der Waals surface area (Å²) in [7, 11) is -4.27. The summed E-state index contributed by atoms with van der Waals surface area (Å²) in [5.74, 6) is 0.146. The van der Waals surface area contributed by atoms with Crippen LogP contribution >= 0.6 is 0 Å². The number of sulfonamides is 1. The number of benzene rings is 1. The van der Waals surface area contributed by atoms with Crippen LogP contribution in [-0.2, 0) is 14.8 Å². The van der Waals surface area contributed by atoms with Crippen LogP contribution in [0.25, 0.3) is 0 Å². The zero-order valence-corrected chi connectivity index (χ0v) is 12.4. The lowest BCUT2D eigenvalue weighted by Gasteiger charge is -2.20. The Hall–Kier alpha value is -2.55. The highest BCUT2D eigenvalue weighted by atomic mass is 32.2. The topological polar surface area (TPSA) is 118 Å². The van der Waals surface area contributed by atoms with Gasteiger partial charge in [0.2, 0.25) is 5.88 Å². The molecule has 3 N–H and O–H groups in total. The van der Waals surface area contributed by atoms with Crippen molar-refractivity contribution in [3.63, 3.8) is 0 Å². The Morgan fingerprint density at radius 2 is 2.09 bits per heavy atom. The van der Waals surface area contributed by atoms with Crippen LogP contribution in [0, 0.1) is 5.41 Å². The van der Waals surface area contributed by atoms with Crippen molar-refractivity contribution in [1.29, 1.82) is 5.41 Å². The first-order valence-electron chi connectivity index (χ1n) is 6.44. The van der Waals surface area contributed by atoms with Gasteiger partial charge >= 0.3 is 6.09 Å². The molecule has 22 heavy (non-hydrogen) atoms. The fourth-order valence-electron chi connectivity index (χ4n) is 1.70. The first kappa shape index (κ1) is 15.8. The minimum atomic E-state index is -4.27. The average molecular weight is 325 g/mol. The van der Waals surface area contributed by atoms with Gasteiger partial charge in [0.25, 0.3) is 10.0 Å². The number of rotatable bonds is 4. The van der Waals surface area contributed by atoms with E-state index in [1.807, 2.05) is 0 Å². The molecule has 1 amide bonds. The number of allylic oxidation sites excluding steroid dienone is 1. The largest absolute Gasteiger partial charge is 0.478 e. The van der Waals surface area contributed by atoms with Gasteiger partial charge in [-0.1, -0.05) is 18.2 Å². The summed E-state index contributed by atoms with van der Waals surface area (Å²) in [6.07, 6.45) is 0.159. The Morgan fingerprint density at radius 1 is 1.36 bits per heavy atom. The lowest BCUT2D eigenvalue weighted by atomic mass is 10.3. The summed E-state index contributed by atoms with van der Waals surface area (Å²) in [4.78, 5) is 11.2. The Labute approximate surface area is 127 Å². The maximum atomic E-state index is 12.1. The maximum Gasteiger partial charge on any atom is 0.426 e. The van der Waals surface area contributed by atoms with Crippen molar-refractivity contribution in [1.82, 2.24) is 10.0 Å². The maximum absolute atomic E-state index is 12.1. The molecular weight excluding hydrogens is 310 g/mol. The molecule has 1 saturated heterocycles. The number of carbonyl (C=O) groups excluding carboxylic acids is 1. The van der Waals surface area contributed by atoms with Gasteiger partial charge < -0.3 is 20.2 Å². The van der Waals surface area contributed by atoms with E-state index in [2.05, 4.69) is 5.32 Å². The van der Waals surface area contributed by atoms with E-state index in [-0.39, 0.29) is 11.6 Å². The number of hydrogen-bond acceptors (Lipinski definition) is 7. The quantitative estimate of drug-likeness (QED) is 0.709. The lowest BCUT2D eigenvalue weighted by Crippen LogP contribution is -2.37. The third kappa shape index (κ3) is 3.98. The zero-order chi connectivity index (χ0) is 16.0. The van der Waals surface area contributed by atoms with Crippen molar-refractivity contribution in [3.05, 3.63) is 41.1 Å². The first-order valence-corrected chi connectivity index (χ1v) is 7.92. The number of nitrogens with one attached hydrogen (secondary N) is 3. The van der Waals surface area contributed by atoms with E-state index >= 15 is 0 Å². The minimum absolute atomic E-state index is 0.0544. The minimum Gasteiger partial charge on any atom is -0.478 e. The van der Waals surface area contributed by atoms with Gasteiger partial charge in [-0.25, -0.2) is 17.9 Å². The SMILES string of the molecule is N=C/C(=C1\NCCCO1)S(=O)(=O)NC(=O)Oc1ccccc1. The van der Waals surface area contributed by atoms with E-state index in [0.29, 0.717) is 19.4 Å². The molecule has 0 bridgehead atoms. The van der Waals surface area contributed by atoms with Crippen molar-refractivity contribution >= 4 is 22.3 Å². The van der Waals surface area contributed by atoms with Crippen molar-refractivity contribution in [3.8, 4) is 5.75 Å². The van der Waals surface area contributed by atoms with Gasteiger partial charge in [0.1, 0.15) is 5.75 Å². The summed E-state index contributed by atoms with van der Waals surface area (Å²) in [5, 5.41) is 9.98. The van der Waals surface area contributed by atoms with E-state index in [4.69, 9.17) is 14.9 Å². The van der Waals surface area contributed by atoms with E-state index in [9.17, 15) is 13.2 Å². The Kier molecular flexibility index (Phi) is 4.99. The average Bonchev–Trinajstić information content (AvgIpc) is 2.49. The highest BCUT2D eigenvalue weighted by Gasteiger charge is 2.26. The number of carbonyl (C=O) groups is 1. The number of hydrogen-bond donors (Lipinski definition) is 3. The molecule has 1 aromatic carbocycles. The third-order valence-electron chi connectivity index (χ3n) is 2.67. The van der Waals surface area contributed by atoms with Crippen LogP contribution in [0.3, 0.4) is 0 Å². The third-order valence-corrected chi connectivity index (χ3v) is 3.99. The molecule has 2 rings (SSSR count). The smallest absolute Gasteiger partial charge is 0.426 e. The zero-order valence-electron chi connectivity index (χ0n) is 11.5. The Bertz CT molecular complexity index is 677. The standard InChI is InChI=1S/C13H15N3O5S/c14-9-11(12-15-7-4-8-20-12)22(18,19)16-13(17)21-10-5-2-1-3-6-10/h1-3,5-6,9,14-15H,4,7-8H2,(H,16,17)/b12-11-,14-9?. The summed E-state index contributed by atoms with van der Waals surface area (Å²) < 4.78 is 36.0. The molecular formula is C13H15N3O5S. The molecule has 0 unspecified atom stereocenters. The van der Waals surface area contributed by atoms with Gasteiger partial charge in [-0.3, -0.25) is 0 Å². The first-order chi connectivity index (χ1) is 10.5. The Morgan fingerprint density at radius 3 is 2.68 bits per heavy atom. The fraction of sp³-hybridized carbons (Fsp3) is 0.231. The van der Waals surface area contributed by atoms with E-state index in [1.165, 1.54) is 12.1 Å². The van der Waals surface area contributed by atoms with Crippen molar-refractivity contribution in [2.75, 3.05) is 13.2 Å². The van der Waals surface area contributed by atoms with Crippen LogP contribution in [0.1, 0.15) is 6.42 Å². The number of para-hydroxylation sites is 1. The number of ether oxygens (including phenoxy) is 2. The lowest BCUT2D eigenvalue weighted by molar-refractivity contribution is 0.157. The molecule has 118 valence electrons. The van der Waals surface area contributed by atoms with Crippen LogP contribution in [0.2, 0.25) is 0 Å². The molecule has 1 heterocycles. The molecule has 9 heteroatoms. The van der Waals surface area contributed by atoms with Gasteiger partial charge in [-0.2, -0.15) is 0 Å². The summed E-state index contributed by atoms with van der Waals surface area (Å²) >= 11 is 0. The van der Waals surface area contributed by atoms with Crippen LogP contribution in [0.4, 0.5) is 4.79 Å². The Balaban J connectivity index is 2.12. The van der Waals surface area contributed by atoms with Crippen molar-refractivity contribution < 1.29 is 22.7 Å². The molecule has 0 saturated carbocycles. The second-order valence-corrected chi connectivity index (χ2v) is 5.93. The monoisotopic (exact) mass is 325 g/mol. The van der Waals surface area contributed by atoms with Crippen LogP contribution in [-0.4, -0.2) is 33.9 Å². The number of amides is 1. The fourth-order valence-corrected chi connectivity index (χ4v) is 2.61. The molecule has 1 fully saturated rings. The summed E-state index contributed by atoms with van der Waals surface area (Å²) in [6, 6.07) is 8.02. The second-order valence-electron chi connectivity index (χ2n) is 4.27. The molecule has 0 aliphatic carbocycles. The van der Waals surface area contributed by atoms with Gasteiger partial charge in [-0.15, -0.1) is 0 Å². The van der Waals surface area contributed by atoms with E-state index in [0.717, 1.165) is 6.42 Å². The van der Waals surface area contributed by atoms with Gasteiger partial charge in [0.15, 0.2) is 4.91 Å². The van der Waals surface area contributed by atoms with Gasteiger partial charge in [0, 0.05) is 12.8 Å². The summed E-state index contributed by atoms with van der Waals surface area (Å²) in [5.41, 5.74) is 0. The van der Waals surface area contributed by atoms with Crippen molar-refractivity contribution in [2.45, 2.75) is 6.42 Å². The molecule has 0 aromatic heterocycles. The van der Waals surface area contributed by atoms with Crippen molar-refractivity contribution in [2.24, 2.45) is 0 Å². The molecule has 0 atom stereocenters. The second kappa shape index (κ2) is 6.94. The van der Waals surface area contributed by atoms with Crippen LogP contribution < -0.4 is 14.8 Å². The molecule has 1 aromatic rings. The predicted octanol–water partition coefficient (Wildman–Crippen LogP) is 0.933. The van der Waals surface area contributed by atoms with Gasteiger partial charge in [0.05, 0.1) is 6.61 Å². The molecule has 1 aliphatic rings. The highest BCUT2D eigenvalue weighted by Crippen LogP contribution is 2.13.